The first kappa shape index (κ1) is 13.3. The molecule has 0 amide bonds. The maximum atomic E-state index is 9.29. The van der Waals surface area contributed by atoms with Gasteiger partial charge in [0.1, 0.15) is 0 Å². The highest BCUT2D eigenvalue weighted by Gasteiger charge is 2.22. The molecule has 0 unspecified atom stereocenters. The molecule has 1 rings (SSSR count). The van der Waals surface area contributed by atoms with Gasteiger partial charge in [-0.25, -0.2) is 0 Å². The summed E-state index contributed by atoms with van der Waals surface area (Å²) in [4.78, 5) is 1.98. The van der Waals surface area contributed by atoms with E-state index in [4.69, 9.17) is 10.9 Å². The molecule has 0 heterocycles. The number of nitrogens with two attached hydrogens (primary N) is 1. The summed E-state index contributed by atoms with van der Waals surface area (Å²) in [7, 11) is 1.91. The van der Waals surface area contributed by atoms with E-state index in [-0.39, 0.29) is 18.0 Å². The molecule has 1 aromatic carbocycles. The number of aliphatic hydroxyl groups excluding tert-OH is 1. The first-order valence-electron chi connectivity index (χ1n) is 5.35. The van der Waals surface area contributed by atoms with E-state index in [2.05, 4.69) is 5.16 Å². The molecule has 0 saturated heterocycles. The smallest absolute Gasteiger partial charge is 0.170 e. The lowest BCUT2D eigenvalue weighted by Crippen LogP contribution is -2.44. The number of amidine groups is 1. The Morgan fingerprint density at radius 3 is 2.29 bits per heavy atom. The molecule has 0 aliphatic carbocycles. The number of nitrogens with zero attached hydrogens (tertiary/aromatic N) is 2. The van der Waals surface area contributed by atoms with Crippen LogP contribution >= 0.6 is 0 Å². The zero-order chi connectivity index (χ0) is 13.1. The number of aliphatic hydroxyl groups is 1. The Bertz CT molecular complexity index is 399. The first-order chi connectivity index (χ1) is 7.92. The number of benzene rings is 1. The zero-order valence-corrected chi connectivity index (χ0v) is 10.4. The molecular weight excluding hydrogens is 218 g/mol. The average molecular weight is 237 g/mol. The molecule has 0 aliphatic rings. The summed E-state index contributed by atoms with van der Waals surface area (Å²) in [5.41, 5.74) is 6.76. The third kappa shape index (κ3) is 2.88. The van der Waals surface area contributed by atoms with E-state index in [1.165, 1.54) is 0 Å². The fourth-order valence-electron chi connectivity index (χ4n) is 1.37. The molecule has 17 heavy (non-hydrogen) atoms. The van der Waals surface area contributed by atoms with Gasteiger partial charge in [-0.05, 0) is 38.1 Å². The molecule has 0 spiro atoms. The Morgan fingerprint density at radius 1 is 1.35 bits per heavy atom. The van der Waals surface area contributed by atoms with Gasteiger partial charge in [-0.3, -0.25) is 0 Å². The summed E-state index contributed by atoms with van der Waals surface area (Å²) in [6, 6.07) is 7.28. The molecule has 0 aliphatic heterocycles. The Hall–Kier alpha value is -1.75. The van der Waals surface area contributed by atoms with Gasteiger partial charge in [-0.2, -0.15) is 0 Å². The highest BCUT2D eigenvalue weighted by molar-refractivity contribution is 5.97. The fraction of sp³-hybridized carbons (Fsp3) is 0.417. The van der Waals surface area contributed by atoms with E-state index < -0.39 is 0 Å². The lowest BCUT2D eigenvalue weighted by molar-refractivity contribution is 0.216. The van der Waals surface area contributed by atoms with E-state index in [9.17, 15) is 5.11 Å². The maximum Gasteiger partial charge on any atom is 0.170 e. The molecular formula is C12H19N3O2. The average Bonchev–Trinajstić information content (AvgIpc) is 2.37. The van der Waals surface area contributed by atoms with Crippen molar-refractivity contribution in [2.45, 2.75) is 19.4 Å². The van der Waals surface area contributed by atoms with Crippen molar-refractivity contribution in [1.82, 2.24) is 0 Å². The standard InChI is InChI=1S/C12H19N3O2/c1-12(2,8-16)15(3)10-6-4-9(5-7-10)11(13)14-17/h4-7,16-17H,8H2,1-3H3,(H2,13,14). The van der Waals surface area contributed by atoms with E-state index in [1.54, 1.807) is 12.1 Å². The minimum atomic E-state index is -0.335. The van der Waals surface area contributed by atoms with Gasteiger partial charge in [0.15, 0.2) is 5.84 Å². The second-order valence-electron chi connectivity index (χ2n) is 4.56. The number of anilines is 1. The van der Waals surface area contributed by atoms with Crippen molar-refractivity contribution in [3.8, 4) is 0 Å². The third-order valence-corrected chi connectivity index (χ3v) is 2.95. The van der Waals surface area contributed by atoms with E-state index in [0.29, 0.717) is 5.56 Å². The molecule has 0 radical (unpaired) electrons. The van der Waals surface area contributed by atoms with E-state index in [1.807, 2.05) is 37.9 Å². The van der Waals surface area contributed by atoms with Gasteiger partial charge >= 0.3 is 0 Å². The van der Waals surface area contributed by atoms with Gasteiger partial charge in [0.2, 0.25) is 0 Å². The van der Waals surface area contributed by atoms with Gasteiger partial charge < -0.3 is 20.9 Å². The molecule has 94 valence electrons. The Morgan fingerprint density at radius 2 is 1.88 bits per heavy atom. The van der Waals surface area contributed by atoms with Crippen LogP contribution in [0.5, 0.6) is 0 Å². The largest absolute Gasteiger partial charge is 0.409 e. The van der Waals surface area contributed by atoms with Crippen molar-refractivity contribution in [3.63, 3.8) is 0 Å². The highest BCUT2D eigenvalue weighted by atomic mass is 16.4. The number of hydrogen-bond acceptors (Lipinski definition) is 4. The maximum absolute atomic E-state index is 9.29. The van der Waals surface area contributed by atoms with Crippen LogP contribution in [0.2, 0.25) is 0 Å². The van der Waals surface area contributed by atoms with Gasteiger partial charge in [-0.1, -0.05) is 5.16 Å². The number of oxime groups is 1. The minimum absolute atomic E-state index is 0.0610. The molecule has 0 bridgehead atoms. The fourth-order valence-corrected chi connectivity index (χ4v) is 1.37. The molecule has 5 nitrogen and oxygen atoms in total. The monoisotopic (exact) mass is 237 g/mol. The topological polar surface area (TPSA) is 82.1 Å². The molecule has 0 saturated carbocycles. The van der Waals surface area contributed by atoms with Crippen LogP contribution in [0.25, 0.3) is 0 Å². The Balaban J connectivity index is 2.95. The predicted molar refractivity (Wildman–Crippen MR) is 68.5 cm³/mol. The summed E-state index contributed by atoms with van der Waals surface area (Å²) in [6.07, 6.45) is 0. The minimum Gasteiger partial charge on any atom is -0.409 e. The van der Waals surface area contributed by atoms with E-state index in [0.717, 1.165) is 5.69 Å². The molecule has 5 heteroatoms. The van der Waals surface area contributed by atoms with Crippen LogP contribution in [0.3, 0.4) is 0 Å². The summed E-state index contributed by atoms with van der Waals surface area (Å²) >= 11 is 0. The molecule has 0 atom stereocenters. The second kappa shape index (κ2) is 5.05. The van der Waals surface area contributed by atoms with Gasteiger partial charge in [-0.15, -0.1) is 0 Å². The van der Waals surface area contributed by atoms with Crippen LogP contribution < -0.4 is 10.6 Å². The normalized spacial score (nSPS) is 12.6. The Labute approximate surface area is 101 Å². The quantitative estimate of drug-likeness (QED) is 0.315. The second-order valence-corrected chi connectivity index (χ2v) is 4.56. The van der Waals surface area contributed by atoms with Crippen molar-refractivity contribution in [1.29, 1.82) is 0 Å². The van der Waals surface area contributed by atoms with Crippen molar-refractivity contribution < 1.29 is 10.3 Å². The summed E-state index contributed by atoms with van der Waals surface area (Å²) < 4.78 is 0. The zero-order valence-electron chi connectivity index (χ0n) is 10.4. The lowest BCUT2D eigenvalue weighted by Gasteiger charge is -2.35. The van der Waals surface area contributed by atoms with Crippen molar-refractivity contribution in [2.24, 2.45) is 10.9 Å². The molecule has 4 N–H and O–H groups in total. The van der Waals surface area contributed by atoms with Crippen LogP contribution in [-0.2, 0) is 0 Å². The Kier molecular flexibility index (Phi) is 3.96. The van der Waals surface area contributed by atoms with Gasteiger partial charge in [0.25, 0.3) is 0 Å². The van der Waals surface area contributed by atoms with Crippen LogP contribution in [0, 0.1) is 0 Å². The first-order valence-corrected chi connectivity index (χ1v) is 5.35. The molecule has 1 aromatic rings. The van der Waals surface area contributed by atoms with Crippen LogP contribution in [0.4, 0.5) is 5.69 Å². The van der Waals surface area contributed by atoms with Gasteiger partial charge in [0.05, 0.1) is 12.1 Å². The van der Waals surface area contributed by atoms with Crippen LogP contribution in [0.1, 0.15) is 19.4 Å². The predicted octanol–water partition coefficient (Wildman–Crippen LogP) is 0.988. The van der Waals surface area contributed by atoms with Crippen LogP contribution in [0.15, 0.2) is 29.4 Å². The molecule has 0 aromatic heterocycles. The molecule has 0 fully saturated rings. The van der Waals surface area contributed by atoms with E-state index >= 15 is 0 Å². The lowest BCUT2D eigenvalue weighted by atomic mass is 10.0. The van der Waals surface area contributed by atoms with Crippen molar-refractivity contribution in [2.75, 3.05) is 18.6 Å². The third-order valence-electron chi connectivity index (χ3n) is 2.95. The van der Waals surface area contributed by atoms with Crippen molar-refractivity contribution in [3.05, 3.63) is 29.8 Å². The summed E-state index contributed by atoms with van der Waals surface area (Å²) in [5, 5.41) is 20.8. The number of hydrogen-bond donors (Lipinski definition) is 3. The summed E-state index contributed by atoms with van der Waals surface area (Å²) in [5.74, 6) is 0.0839. The SMILES string of the molecule is CN(c1ccc(/C(N)=N/O)cc1)C(C)(C)CO. The summed E-state index contributed by atoms with van der Waals surface area (Å²) in [6.45, 7) is 3.96. The van der Waals surface area contributed by atoms with Crippen molar-refractivity contribution >= 4 is 11.5 Å². The van der Waals surface area contributed by atoms with Crippen LogP contribution in [-0.4, -0.2) is 35.3 Å². The number of likely N-dealkylation sites (N-methyl/N-ethyl adjacent to an activating group) is 1. The highest BCUT2D eigenvalue weighted by Crippen LogP contribution is 2.22. The van der Waals surface area contributed by atoms with Gasteiger partial charge in [0, 0.05) is 18.3 Å². The number of rotatable bonds is 4.